The minimum Gasteiger partial charge on any atom is -0.379 e. The summed E-state index contributed by atoms with van der Waals surface area (Å²) >= 11 is 6.48. The van der Waals surface area contributed by atoms with Crippen LogP contribution in [0.5, 0.6) is 0 Å². The number of aromatic amines is 1. The number of carbonyl (C=O) groups is 1. The van der Waals surface area contributed by atoms with Crippen LogP contribution in [0.4, 0.5) is 5.69 Å². The predicted octanol–water partition coefficient (Wildman–Crippen LogP) is 4.76. The van der Waals surface area contributed by atoms with E-state index in [0.29, 0.717) is 34.3 Å². The predicted molar refractivity (Wildman–Crippen MR) is 145 cm³/mol. The first-order valence-corrected chi connectivity index (χ1v) is 13.4. The third kappa shape index (κ3) is 5.79. The van der Waals surface area contributed by atoms with Crippen molar-refractivity contribution in [3.63, 3.8) is 0 Å². The monoisotopic (exact) mass is 514 g/mol. The molecule has 4 rings (SSSR count). The first-order valence-electron chi connectivity index (χ1n) is 13.0. The highest BCUT2D eigenvalue weighted by Gasteiger charge is 2.37. The fourth-order valence-electron chi connectivity index (χ4n) is 5.47. The molecule has 7 nitrogen and oxygen atoms in total. The minimum absolute atomic E-state index is 0.0323. The number of amides is 1. The molecule has 1 aliphatic carbocycles. The molecule has 4 N–H and O–H groups in total. The van der Waals surface area contributed by atoms with Crippen molar-refractivity contribution in [3.8, 4) is 0 Å². The van der Waals surface area contributed by atoms with Gasteiger partial charge < -0.3 is 25.7 Å². The fourth-order valence-corrected chi connectivity index (χ4v) is 5.69. The van der Waals surface area contributed by atoms with Gasteiger partial charge >= 0.3 is 0 Å². The van der Waals surface area contributed by atoms with E-state index >= 15 is 0 Å². The molecule has 2 aliphatic rings. The number of carbonyl (C=O) groups excluding carboxylic acids is 1. The summed E-state index contributed by atoms with van der Waals surface area (Å²) in [6.07, 6.45) is 5.58. The zero-order valence-electron chi connectivity index (χ0n) is 22.0. The van der Waals surface area contributed by atoms with Gasteiger partial charge in [-0.25, -0.2) is 0 Å². The van der Waals surface area contributed by atoms with Crippen LogP contribution in [0.1, 0.15) is 78.7 Å². The Kier molecular flexibility index (Phi) is 8.12. The molecule has 2 fully saturated rings. The molecule has 196 valence electrons. The van der Waals surface area contributed by atoms with Crippen LogP contribution in [0, 0.1) is 20.8 Å². The number of nitrogens with one attached hydrogen (secondary N) is 4. The standard InChI is InChI=1S/C28H39ClN4O3/c1-6-28(9-7-21(8-10-28)32-25-15-36-19(25)5)33-24-13-20(29)12-22(18(24)4)26(34)30-14-23-16(2)11-17(3)31-27(23)35/h11-13,19,21,25,32-33H,6-10,14-15H2,1-5H3,(H,30,34)(H,31,35)/t19-,21?,25-,28?/m1/s1. The van der Waals surface area contributed by atoms with Crippen molar-refractivity contribution in [1.29, 1.82) is 0 Å². The Morgan fingerprint density at radius 3 is 2.50 bits per heavy atom. The van der Waals surface area contributed by atoms with Crippen LogP contribution < -0.4 is 21.5 Å². The van der Waals surface area contributed by atoms with Crippen LogP contribution in [0.25, 0.3) is 0 Å². The fraction of sp³-hybridized carbons (Fsp3) is 0.571. The van der Waals surface area contributed by atoms with E-state index in [1.165, 1.54) is 0 Å². The molecule has 2 heterocycles. The van der Waals surface area contributed by atoms with Crippen LogP contribution in [-0.4, -0.2) is 41.2 Å². The number of anilines is 1. The number of aromatic nitrogens is 1. The first-order chi connectivity index (χ1) is 17.1. The highest BCUT2D eigenvalue weighted by Crippen LogP contribution is 2.37. The summed E-state index contributed by atoms with van der Waals surface area (Å²) in [5, 5.41) is 11.0. The largest absolute Gasteiger partial charge is 0.379 e. The number of ether oxygens (including phenoxy) is 1. The number of hydrogen-bond donors (Lipinski definition) is 4. The SMILES string of the molecule is CCC1(Nc2cc(Cl)cc(C(=O)NCc3c(C)cc(C)[nH]c3=O)c2C)CCC(N[C@@H]2CO[C@@H]2C)CC1. The Balaban J connectivity index is 1.45. The lowest BCUT2D eigenvalue weighted by atomic mass is 9.77. The average molecular weight is 515 g/mol. The maximum absolute atomic E-state index is 13.2. The van der Waals surface area contributed by atoms with Crippen LogP contribution in [0.3, 0.4) is 0 Å². The van der Waals surface area contributed by atoms with Crippen molar-refractivity contribution in [2.45, 2.75) is 97.0 Å². The molecule has 1 aromatic carbocycles. The number of hydrogen-bond acceptors (Lipinski definition) is 5. The van der Waals surface area contributed by atoms with Gasteiger partial charge in [0.2, 0.25) is 0 Å². The van der Waals surface area contributed by atoms with Gasteiger partial charge in [0.15, 0.2) is 0 Å². The van der Waals surface area contributed by atoms with E-state index in [2.05, 4.69) is 34.8 Å². The summed E-state index contributed by atoms with van der Waals surface area (Å²) in [5.41, 5.74) is 4.29. The van der Waals surface area contributed by atoms with Crippen LogP contribution >= 0.6 is 11.6 Å². The van der Waals surface area contributed by atoms with Gasteiger partial charge in [0, 0.05) is 45.7 Å². The summed E-state index contributed by atoms with van der Waals surface area (Å²) in [6, 6.07) is 6.50. The molecule has 2 atom stereocenters. The molecule has 1 saturated carbocycles. The van der Waals surface area contributed by atoms with E-state index in [9.17, 15) is 9.59 Å². The third-order valence-electron chi connectivity index (χ3n) is 8.11. The Morgan fingerprint density at radius 2 is 1.92 bits per heavy atom. The highest BCUT2D eigenvalue weighted by atomic mass is 35.5. The second kappa shape index (κ2) is 11.0. The highest BCUT2D eigenvalue weighted by molar-refractivity contribution is 6.31. The van der Waals surface area contributed by atoms with Gasteiger partial charge in [0.05, 0.1) is 18.8 Å². The van der Waals surface area contributed by atoms with E-state index < -0.39 is 0 Å². The van der Waals surface area contributed by atoms with Gasteiger partial charge in [-0.15, -0.1) is 0 Å². The summed E-state index contributed by atoms with van der Waals surface area (Å²) in [5.74, 6) is -0.243. The summed E-state index contributed by atoms with van der Waals surface area (Å²) < 4.78 is 5.50. The first kappa shape index (κ1) is 26.7. The topological polar surface area (TPSA) is 95.3 Å². The number of rotatable bonds is 8. The zero-order chi connectivity index (χ0) is 26.0. The Hall–Kier alpha value is -2.35. The van der Waals surface area contributed by atoms with Crippen molar-refractivity contribution in [1.82, 2.24) is 15.6 Å². The second-order valence-electron chi connectivity index (χ2n) is 10.6. The third-order valence-corrected chi connectivity index (χ3v) is 8.33. The lowest BCUT2D eigenvalue weighted by molar-refractivity contribution is -0.0805. The number of benzene rings is 1. The molecule has 0 unspecified atom stereocenters. The molecule has 1 aromatic heterocycles. The van der Waals surface area contributed by atoms with Crippen LogP contribution in [0.15, 0.2) is 23.0 Å². The quantitative estimate of drug-likeness (QED) is 0.407. The molecular weight excluding hydrogens is 476 g/mol. The van der Waals surface area contributed by atoms with Gasteiger partial charge in [-0.3, -0.25) is 9.59 Å². The Morgan fingerprint density at radius 1 is 1.19 bits per heavy atom. The van der Waals surface area contributed by atoms with E-state index in [1.54, 1.807) is 6.07 Å². The van der Waals surface area contributed by atoms with Gasteiger partial charge in [-0.05, 0) is 89.1 Å². The average Bonchev–Trinajstić information content (AvgIpc) is 2.83. The summed E-state index contributed by atoms with van der Waals surface area (Å²) in [7, 11) is 0. The van der Waals surface area contributed by atoms with Crippen molar-refractivity contribution >= 4 is 23.2 Å². The van der Waals surface area contributed by atoms with Gasteiger partial charge in [-0.1, -0.05) is 18.5 Å². The van der Waals surface area contributed by atoms with Crippen molar-refractivity contribution in [2.75, 3.05) is 11.9 Å². The lowest BCUT2D eigenvalue weighted by Gasteiger charge is -2.44. The molecule has 8 heteroatoms. The molecule has 0 radical (unpaired) electrons. The molecule has 2 aromatic rings. The normalized spacial score (nSPS) is 25.8. The number of pyridine rings is 1. The van der Waals surface area contributed by atoms with Crippen molar-refractivity contribution in [2.24, 2.45) is 0 Å². The smallest absolute Gasteiger partial charge is 0.253 e. The van der Waals surface area contributed by atoms with Gasteiger partial charge in [0.1, 0.15) is 0 Å². The van der Waals surface area contributed by atoms with Crippen LogP contribution in [0.2, 0.25) is 5.02 Å². The second-order valence-corrected chi connectivity index (χ2v) is 11.0. The number of halogens is 1. The van der Waals surface area contributed by atoms with E-state index in [1.807, 2.05) is 32.9 Å². The molecule has 0 bridgehead atoms. The van der Waals surface area contributed by atoms with Gasteiger partial charge in [0.25, 0.3) is 11.5 Å². The van der Waals surface area contributed by atoms with Crippen LogP contribution in [-0.2, 0) is 11.3 Å². The minimum atomic E-state index is -0.243. The molecule has 1 saturated heterocycles. The van der Waals surface area contributed by atoms with E-state index in [0.717, 1.165) is 61.2 Å². The molecule has 1 amide bonds. The summed E-state index contributed by atoms with van der Waals surface area (Å²) in [6.45, 7) is 11.0. The Labute approximate surface area is 218 Å². The maximum atomic E-state index is 13.2. The molecule has 0 spiro atoms. The summed E-state index contributed by atoms with van der Waals surface area (Å²) in [4.78, 5) is 28.3. The lowest BCUT2D eigenvalue weighted by Crippen LogP contribution is -2.57. The zero-order valence-corrected chi connectivity index (χ0v) is 22.8. The number of H-pyrrole nitrogens is 1. The maximum Gasteiger partial charge on any atom is 0.253 e. The number of aryl methyl sites for hydroxylation is 2. The van der Waals surface area contributed by atoms with E-state index in [4.69, 9.17) is 16.3 Å². The van der Waals surface area contributed by atoms with Crippen molar-refractivity contribution in [3.05, 3.63) is 61.5 Å². The molecular formula is C28H39ClN4O3. The molecule has 1 aliphatic heterocycles. The Bertz CT molecular complexity index is 1170. The molecule has 36 heavy (non-hydrogen) atoms. The van der Waals surface area contributed by atoms with Crippen molar-refractivity contribution < 1.29 is 9.53 Å². The van der Waals surface area contributed by atoms with E-state index in [-0.39, 0.29) is 23.6 Å². The van der Waals surface area contributed by atoms with Gasteiger partial charge in [-0.2, -0.15) is 0 Å².